The fraction of sp³-hybridized carbons (Fsp3) is 0.214. The van der Waals surface area contributed by atoms with Gasteiger partial charge in [0.05, 0.1) is 5.39 Å². The average molecular weight is 269 g/mol. The van der Waals surface area contributed by atoms with Crippen LogP contribution in [0.25, 0.3) is 11.0 Å². The molecule has 0 bridgehead atoms. The fourth-order valence-corrected chi connectivity index (χ4v) is 1.86. The van der Waals surface area contributed by atoms with Gasteiger partial charge in [0.15, 0.2) is 12.4 Å². The molecule has 0 amide bonds. The molecule has 1 aromatic carbocycles. The predicted molar refractivity (Wildman–Crippen MR) is 68.9 cm³/mol. The third-order valence-electron chi connectivity index (χ3n) is 2.80. The minimum atomic E-state index is 0.102. The number of fused-ring (bicyclic) bond motifs is 1. The van der Waals surface area contributed by atoms with Gasteiger partial charge in [0.1, 0.15) is 11.7 Å². The summed E-state index contributed by atoms with van der Waals surface area (Å²) in [6.45, 7) is 2.03. The highest BCUT2D eigenvalue weighted by Crippen LogP contribution is 2.32. The topological polar surface area (TPSA) is 85.1 Å². The monoisotopic (exact) mass is 269 g/mol. The summed E-state index contributed by atoms with van der Waals surface area (Å²) in [5, 5.41) is 17.6. The van der Waals surface area contributed by atoms with Crippen LogP contribution in [0, 0.1) is 11.3 Å². The number of aryl methyl sites for hydroxylation is 1. The van der Waals surface area contributed by atoms with Gasteiger partial charge < -0.3 is 13.6 Å². The molecule has 0 spiro atoms. The van der Waals surface area contributed by atoms with Crippen LogP contribution >= 0.6 is 0 Å². The summed E-state index contributed by atoms with van der Waals surface area (Å²) in [6.07, 6.45) is 0.672. The molecule has 0 fully saturated rings. The summed E-state index contributed by atoms with van der Waals surface area (Å²) in [5.41, 5.74) is 0.610. The summed E-state index contributed by atoms with van der Waals surface area (Å²) in [6, 6.07) is 9.29. The van der Waals surface area contributed by atoms with Gasteiger partial charge >= 0.3 is 0 Å². The lowest BCUT2D eigenvalue weighted by Crippen LogP contribution is -1.96. The molecule has 0 aliphatic carbocycles. The molecule has 3 aromatic rings. The molecule has 0 N–H and O–H groups in total. The second kappa shape index (κ2) is 5.05. The van der Waals surface area contributed by atoms with Gasteiger partial charge in [-0.1, -0.05) is 19.1 Å². The maximum Gasteiger partial charge on any atom is 0.253 e. The Bertz CT molecular complexity index is 782. The van der Waals surface area contributed by atoms with Crippen LogP contribution < -0.4 is 4.74 Å². The molecule has 100 valence electrons. The van der Waals surface area contributed by atoms with Crippen LogP contribution in [-0.4, -0.2) is 10.2 Å². The van der Waals surface area contributed by atoms with E-state index < -0.39 is 0 Å². The number of benzene rings is 1. The van der Waals surface area contributed by atoms with Crippen LogP contribution in [0.15, 0.2) is 33.1 Å². The Morgan fingerprint density at radius 2 is 2.00 bits per heavy atom. The van der Waals surface area contributed by atoms with Crippen LogP contribution in [0.3, 0.4) is 0 Å². The number of furan rings is 1. The first-order chi connectivity index (χ1) is 9.81. The van der Waals surface area contributed by atoms with Crippen molar-refractivity contribution in [1.29, 1.82) is 5.26 Å². The number of nitrogens with zero attached hydrogens (tertiary/aromatic N) is 3. The second-order valence-electron chi connectivity index (χ2n) is 4.10. The molecule has 20 heavy (non-hydrogen) atoms. The molecule has 0 saturated heterocycles. The number of para-hydroxylation sites is 1. The van der Waals surface area contributed by atoms with E-state index in [1.807, 2.05) is 31.2 Å². The fourth-order valence-electron chi connectivity index (χ4n) is 1.86. The highest BCUT2D eigenvalue weighted by atomic mass is 16.5. The Labute approximate surface area is 114 Å². The maximum absolute atomic E-state index is 9.08. The Kier molecular flexibility index (Phi) is 3.09. The zero-order chi connectivity index (χ0) is 13.9. The van der Waals surface area contributed by atoms with Crippen LogP contribution in [0.2, 0.25) is 0 Å². The Hall–Kier alpha value is -2.81. The third kappa shape index (κ3) is 2.10. The SMILES string of the molecule is CCc1nnc(COc2c(C#N)oc3ccccc23)o1. The molecule has 3 rings (SSSR count). The highest BCUT2D eigenvalue weighted by molar-refractivity contribution is 5.86. The van der Waals surface area contributed by atoms with Gasteiger partial charge in [-0.05, 0) is 12.1 Å². The summed E-state index contributed by atoms with van der Waals surface area (Å²) in [4.78, 5) is 0. The molecule has 6 nitrogen and oxygen atoms in total. The summed E-state index contributed by atoms with van der Waals surface area (Å²) in [5.74, 6) is 1.47. The molecule has 0 aliphatic rings. The molecule has 0 saturated carbocycles. The largest absolute Gasteiger partial charge is 0.478 e. The summed E-state index contributed by atoms with van der Waals surface area (Å²) in [7, 11) is 0. The normalized spacial score (nSPS) is 10.6. The molecule has 0 aliphatic heterocycles. The lowest BCUT2D eigenvalue weighted by molar-refractivity contribution is 0.258. The van der Waals surface area contributed by atoms with Crippen molar-refractivity contribution < 1.29 is 13.6 Å². The lowest BCUT2D eigenvalue weighted by Gasteiger charge is -2.00. The van der Waals surface area contributed by atoms with E-state index in [1.54, 1.807) is 6.07 Å². The van der Waals surface area contributed by atoms with E-state index in [-0.39, 0.29) is 12.4 Å². The molecule has 0 unspecified atom stereocenters. The summed E-state index contributed by atoms with van der Waals surface area (Å²) < 4.78 is 16.4. The lowest BCUT2D eigenvalue weighted by atomic mass is 10.2. The standard InChI is InChI=1S/C14H11N3O3/c1-2-12-16-17-13(20-12)8-18-14-9-5-3-4-6-10(9)19-11(14)7-15/h3-6H,2,8H2,1H3. The van der Waals surface area contributed by atoms with Gasteiger partial charge in [-0.3, -0.25) is 0 Å². The van der Waals surface area contributed by atoms with Crippen molar-refractivity contribution in [1.82, 2.24) is 10.2 Å². The Morgan fingerprint density at radius 3 is 2.75 bits per heavy atom. The molecular weight excluding hydrogens is 258 g/mol. The van der Waals surface area contributed by atoms with Gasteiger partial charge in [-0.15, -0.1) is 10.2 Å². The number of nitriles is 1. The number of hydrogen-bond acceptors (Lipinski definition) is 6. The zero-order valence-corrected chi connectivity index (χ0v) is 10.8. The van der Waals surface area contributed by atoms with E-state index in [2.05, 4.69) is 10.2 Å². The zero-order valence-electron chi connectivity index (χ0n) is 10.8. The van der Waals surface area contributed by atoms with Crippen molar-refractivity contribution >= 4 is 11.0 Å². The quantitative estimate of drug-likeness (QED) is 0.724. The first-order valence-corrected chi connectivity index (χ1v) is 6.17. The predicted octanol–water partition coefficient (Wildman–Crippen LogP) is 2.83. The first kappa shape index (κ1) is 12.2. The number of ether oxygens (including phenoxy) is 1. The van der Waals surface area contributed by atoms with Gasteiger partial charge in [0.2, 0.25) is 11.7 Å². The number of aromatic nitrogens is 2. The van der Waals surface area contributed by atoms with Gasteiger partial charge in [0, 0.05) is 6.42 Å². The van der Waals surface area contributed by atoms with Crippen molar-refractivity contribution in [2.75, 3.05) is 0 Å². The van der Waals surface area contributed by atoms with E-state index in [0.717, 1.165) is 5.39 Å². The highest BCUT2D eigenvalue weighted by Gasteiger charge is 2.16. The first-order valence-electron chi connectivity index (χ1n) is 6.17. The minimum Gasteiger partial charge on any atom is -0.478 e. The summed E-state index contributed by atoms with van der Waals surface area (Å²) >= 11 is 0. The van der Waals surface area contributed by atoms with E-state index >= 15 is 0 Å². The van der Waals surface area contributed by atoms with Crippen LogP contribution in [0.5, 0.6) is 5.75 Å². The van der Waals surface area contributed by atoms with E-state index in [9.17, 15) is 0 Å². The van der Waals surface area contributed by atoms with Crippen LogP contribution in [-0.2, 0) is 13.0 Å². The minimum absolute atomic E-state index is 0.102. The van der Waals surface area contributed by atoms with E-state index in [4.69, 9.17) is 18.8 Å². The van der Waals surface area contributed by atoms with Crippen molar-refractivity contribution in [3.63, 3.8) is 0 Å². The van der Waals surface area contributed by atoms with Crippen molar-refractivity contribution in [2.45, 2.75) is 20.0 Å². The smallest absolute Gasteiger partial charge is 0.253 e. The molecule has 6 heteroatoms. The number of rotatable bonds is 4. The van der Waals surface area contributed by atoms with Crippen molar-refractivity contribution in [3.05, 3.63) is 41.8 Å². The van der Waals surface area contributed by atoms with Gasteiger partial charge in [-0.25, -0.2) is 0 Å². The maximum atomic E-state index is 9.08. The van der Waals surface area contributed by atoms with E-state index in [0.29, 0.717) is 29.5 Å². The molecule has 0 radical (unpaired) electrons. The Morgan fingerprint density at radius 1 is 1.20 bits per heavy atom. The molecule has 2 aromatic heterocycles. The van der Waals surface area contributed by atoms with Crippen molar-refractivity contribution in [3.8, 4) is 11.8 Å². The van der Waals surface area contributed by atoms with Gasteiger partial charge in [0.25, 0.3) is 5.89 Å². The molecule has 2 heterocycles. The average Bonchev–Trinajstić information content (AvgIpc) is 3.08. The molecular formula is C14H11N3O3. The number of hydrogen-bond donors (Lipinski definition) is 0. The third-order valence-corrected chi connectivity index (χ3v) is 2.80. The Balaban J connectivity index is 1.88. The second-order valence-corrected chi connectivity index (χ2v) is 4.10. The van der Waals surface area contributed by atoms with E-state index in [1.165, 1.54) is 0 Å². The van der Waals surface area contributed by atoms with Gasteiger partial charge in [-0.2, -0.15) is 5.26 Å². The van der Waals surface area contributed by atoms with Crippen molar-refractivity contribution in [2.24, 2.45) is 0 Å². The molecule has 0 atom stereocenters. The van der Waals surface area contributed by atoms with Crippen LogP contribution in [0.4, 0.5) is 0 Å². The van der Waals surface area contributed by atoms with Crippen LogP contribution in [0.1, 0.15) is 24.5 Å².